The summed E-state index contributed by atoms with van der Waals surface area (Å²) in [5, 5.41) is 0.891. The lowest BCUT2D eigenvalue weighted by Gasteiger charge is -2.21. The summed E-state index contributed by atoms with van der Waals surface area (Å²) in [6.45, 7) is 1.52. The number of halogens is 1. The van der Waals surface area contributed by atoms with E-state index in [1.807, 2.05) is 12.2 Å². The van der Waals surface area contributed by atoms with Gasteiger partial charge in [0.1, 0.15) is 0 Å². The number of hydrogen-bond donors (Lipinski definition) is 0. The minimum atomic E-state index is 0.0405. The Morgan fingerprint density at radius 3 is 3.00 bits per heavy atom. The second kappa shape index (κ2) is 6.63. The normalized spacial score (nSPS) is 24.9. The quantitative estimate of drug-likeness (QED) is 0.550. The van der Waals surface area contributed by atoms with Crippen LogP contribution < -0.4 is 0 Å². The molecule has 0 aromatic heterocycles. The minimum absolute atomic E-state index is 0.0405. The largest absolute Gasteiger partial charge is 0.353 e. The molecule has 3 heteroatoms. The van der Waals surface area contributed by atoms with Crippen molar-refractivity contribution < 1.29 is 9.47 Å². The SMILES string of the molecule is BrC/C=C\COC1CCCCO1. The van der Waals surface area contributed by atoms with Crippen LogP contribution in [-0.4, -0.2) is 24.8 Å². The molecule has 0 aromatic carbocycles. The number of hydrogen-bond acceptors (Lipinski definition) is 2. The zero-order valence-corrected chi connectivity index (χ0v) is 8.76. The van der Waals surface area contributed by atoms with E-state index in [9.17, 15) is 0 Å². The standard InChI is InChI=1S/C9H15BrO2/c10-6-2-4-8-12-9-5-1-3-7-11-9/h2,4,9H,1,3,5-8H2/b4-2-. The third-order valence-corrected chi connectivity index (χ3v) is 2.15. The molecule has 0 aliphatic carbocycles. The maximum atomic E-state index is 5.46. The molecule has 1 heterocycles. The number of allylic oxidation sites excluding steroid dienone is 1. The summed E-state index contributed by atoms with van der Waals surface area (Å²) in [5.74, 6) is 0. The van der Waals surface area contributed by atoms with Gasteiger partial charge in [-0.25, -0.2) is 0 Å². The molecular formula is C9H15BrO2. The first-order chi connectivity index (χ1) is 5.93. The van der Waals surface area contributed by atoms with E-state index in [0.717, 1.165) is 18.4 Å². The smallest absolute Gasteiger partial charge is 0.157 e. The first-order valence-corrected chi connectivity index (χ1v) is 5.50. The zero-order chi connectivity index (χ0) is 8.65. The molecule has 70 valence electrons. The molecule has 0 amide bonds. The molecule has 1 aliphatic heterocycles. The maximum absolute atomic E-state index is 5.46. The van der Waals surface area contributed by atoms with Crippen molar-refractivity contribution in [3.8, 4) is 0 Å². The topological polar surface area (TPSA) is 18.5 Å². The Morgan fingerprint density at radius 2 is 2.33 bits per heavy atom. The molecule has 0 bridgehead atoms. The highest BCUT2D eigenvalue weighted by atomic mass is 79.9. The van der Waals surface area contributed by atoms with Crippen molar-refractivity contribution in [1.29, 1.82) is 0 Å². The van der Waals surface area contributed by atoms with E-state index in [1.165, 1.54) is 12.8 Å². The second-order valence-corrected chi connectivity index (χ2v) is 3.40. The molecule has 0 aromatic rings. The van der Waals surface area contributed by atoms with Crippen LogP contribution >= 0.6 is 15.9 Å². The summed E-state index contributed by atoms with van der Waals surface area (Å²) in [7, 11) is 0. The van der Waals surface area contributed by atoms with Crippen molar-refractivity contribution in [3.05, 3.63) is 12.2 Å². The molecule has 0 saturated carbocycles. The van der Waals surface area contributed by atoms with E-state index in [-0.39, 0.29) is 6.29 Å². The average molecular weight is 235 g/mol. The Morgan fingerprint density at radius 1 is 1.42 bits per heavy atom. The lowest BCUT2D eigenvalue weighted by atomic mass is 10.2. The molecule has 1 unspecified atom stereocenters. The fraction of sp³-hybridized carbons (Fsp3) is 0.778. The Bertz CT molecular complexity index is 130. The first kappa shape index (κ1) is 10.2. The Kier molecular flexibility index (Phi) is 5.65. The van der Waals surface area contributed by atoms with E-state index >= 15 is 0 Å². The van der Waals surface area contributed by atoms with Gasteiger partial charge in [0.15, 0.2) is 6.29 Å². The highest BCUT2D eigenvalue weighted by molar-refractivity contribution is 9.09. The molecular weight excluding hydrogens is 220 g/mol. The maximum Gasteiger partial charge on any atom is 0.157 e. The van der Waals surface area contributed by atoms with Gasteiger partial charge >= 0.3 is 0 Å². The van der Waals surface area contributed by atoms with Gasteiger partial charge in [-0.1, -0.05) is 28.1 Å². The monoisotopic (exact) mass is 234 g/mol. The van der Waals surface area contributed by atoms with Gasteiger partial charge in [-0.3, -0.25) is 0 Å². The van der Waals surface area contributed by atoms with Gasteiger partial charge in [-0.05, 0) is 19.3 Å². The number of rotatable bonds is 4. The Balaban J connectivity index is 2.01. The Labute approximate surface area is 82.1 Å². The van der Waals surface area contributed by atoms with Gasteiger partial charge in [0.05, 0.1) is 6.61 Å². The van der Waals surface area contributed by atoms with Crippen molar-refractivity contribution in [2.75, 3.05) is 18.5 Å². The lowest BCUT2D eigenvalue weighted by molar-refractivity contribution is -0.155. The van der Waals surface area contributed by atoms with Crippen LogP contribution in [0.15, 0.2) is 12.2 Å². The average Bonchev–Trinajstić information content (AvgIpc) is 2.14. The molecule has 0 N–H and O–H groups in total. The van der Waals surface area contributed by atoms with E-state index in [4.69, 9.17) is 9.47 Å². The fourth-order valence-corrected chi connectivity index (χ4v) is 1.40. The van der Waals surface area contributed by atoms with E-state index in [1.54, 1.807) is 0 Å². The summed E-state index contributed by atoms with van der Waals surface area (Å²) in [4.78, 5) is 0. The first-order valence-electron chi connectivity index (χ1n) is 4.37. The fourth-order valence-electron chi connectivity index (χ4n) is 1.14. The number of alkyl halides is 1. The van der Waals surface area contributed by atoms with Crippen LogP contribution in [0.25, 0.3) is 0 Å². The summed E-state index contributed by atoms with van der Waals surface area (Å²) in [6, 6.07) is 0. The lowest BCUT2D eigenvalue weighted by Crippen LogP contribution is -2.22. The predicted molar refractivity (Wildman–Crippen MR) is 52.5 cm³/mol. The predicted octanol–water partition coefficient (Wildman–Crippen LogP) is 2.48. The Hall–Kier alpha value is 0.140. The molecule has 0 radical (unpaired) electrons. The molecule has 1 fully saturated rings. The second-order valence-electron chi connectivity index (χ2n) is 2.76. The summed E-state index contributed by atoms with van der Waals surface area (Å²) < 4.78 is 10.8. The minimum Gasteiger partial charge on any atom is -0.353 e. The third-order valence-electron chi connectivity index (χ3n) is 1.77. The molecule has 1 saturated heterocycles. The van der Waals surface area contributed by atoms with Gasteiger partial charge in [0.25, 0.3) is 0 Å². The number of ether oxygens (including phenoxy) is 2. The summed E-state index contributed by atoms with van der Waals surface area (Å²) in [6.07, 6.45) is 7.53. The van der Waals surface area contributed by atoms with Crippen LogP contribution in [0, 0.1) is 0 Å². The van der Waals surface area contributed by atoms with Gasteiger partial charge in [0, 0.05) is 11.9 Å². The third kappa shape index (κ3) is 4.24. The molecule has 12 heavy (non-hydrogen) atoms. The van der Waals surface area contributed by atoms with Crippen LogP contribution in [0.5, 0.6) is 0 Å². The van der Waals surface area contributed by atoms with Crippen molar-refractivity contribution in [2.24, 2.45) is 0 Å². The van der Waals surface area contributed by atoms with Crippen LogP contribution in [0.1, 0.15) is 19.3 Å². The van der Waals surface area contributed by atoms with Crippen LogP contribution in [0.2, 0.25) is 0 Å². The zero-order valence-electron chi connectivity index (χ0n) is 7.17. The van der Waals surface area contributed by atoms with Crippen molar-refractivity contribution in [2.45, 2.75) is 25.6 Å². The van der Waals surface area contributed by atoms with Crippen molar-refractivity contribution >= 4 is 15.9 Å². The summed E-state index contributed by atoms with van der Waals surface area (Å²) >= 11 is 3.30. The van der Waals surface area contributed by atoms with Crippen molar-refractivity contribution in [1.82, 2.24) is 0 Å². The van der Waals surface area contributed by atoms with Gasteiger partial charge in [-0.2, -0.15) is 0 Å². The van der Waals surface area contributed by atoms with Crippen molar-refractivity contribution in [3.63, 3.8) is 0 Å². The molecule has 1 atom stereocenters. The highest BCUT2D eigenvalue weighted by Crippen LogP contribution is 2.13. The van der Waals surface area contributed by atoms with Gasteiger partial charge in [-0.15, -0.1) is 0 Å². The van der Waals surface area contributed by atoms with Gasteiger partial charge < -0.3 is 9.47 Å². The molecule has 0 spiro atoms. The van der Waals surface area contributed by atoms with Crippen LogP contribution in [0.4, 0.5) is 0 Å². The molecule has 1 rings (SSSR count). The van der Waals surface area contributed by atoms with E-state index < -0.39 is 0 Å². The van der Waals surface area contributed by atoms with Crippen LogP contribution in [0.3, 0.4) is 0 Å². The van der Waals surface area contributed by atoms with Gasteiger partial charge in [0.2, 0.25) is 0 Å². The highest BCUT2D eigenvalue weighted by Gasteiger charge is 2.12. The van der Waals surface area contributed by atoms with Crippen LogP contribution in [-0.2, 0) is 9.47 Å². The molecule has 1 aliphatic rings. The van der Waals surface area contributed by atoms with E-state index in [2.05, 4.69) is 15.9 Å². The molecule has 2 nitrogen and oxygen atoms in total. The van der Waals surface area contributed by atoms with E-state index in [0.29, 0.717) is 6.61 Å². The summed E-state index contributed by atoms with van der Waals surface area (Å²) in [5.41, 5.74) is 0.